The summed E-state index contributed by atoms with van der Waals surface area (Å²) in [6, 6.07) is 6.02. The highest BCUT2D eigenvalue weighted by Crippen LogP contribution is 2.12. The number of imide groups is 1. The molecule has 8 heteroatoms. The molecule has 2 rings (SSSR count). The van der Waals surface area contributed by atoms with Gasteiger partial charge in [0.15, 0.2) is 12.4 Å². The van der Waals surface area contributed by atoms with Crippen LogP contribution in [0.25, 0.3) is 0 Å². The molecule has 0 aliphatic carbocycles. The summed E-state index contributed by atoms with van der Waals surface area (Å²) >= 11 is 0. The van der Waals surface area contributed by atoms with Gasteiger partial charge in [0.05, 0.1) is 13.7 Å². The van der Waals surface area contributed by atoms with Crippen LogP contribution < -0.4 is 10.1 Å². The molecule has 8 nitrogen and oxygen atoms in total. The molecular formula is C16H18N2O6. The van der Waals surface area contributed by atoms with Gasteiger partial charge in [-0.25, -0.2) is 4.79 Å². The largest absolute Gasteiger partial charge is 0.497 e. The number of ether oxygens (including phenoxy) is 2. The van der Waals surface area contributed by atoms with Gasteiger partial charge in [0.25, 0.3) is 0 Å². The number of carbonyl (C=O) groups is 4. The summed E-state index contributed by atoms with van der Waals surface area (Å²) in [7, 11) is 1.53. The number of benzene rings is 1. The normalized spacial score (nSPS) is 13.6. The van der Waals surface area contributed by atoms with Crippen molar-refractivity contribution in [3.63, 3.8) is 0 Å². The number of hydrogen-bond acceptors (Lipinski definition) is 6. The lowest BCUT2D eigenvalue weighted by atomic mass is 10.1. The predicted octanol–water partition coefficient (Wildman–Crippen LogP) is 0.753. The molecular weight excluding hydrogens is 316 g/mol. The standard InChI is InChI=1S/C16H18N2O6/c1-23-12-6-4-11(5-7-12)13(19)10-24-15(21)3-2-8-18-14(20)9-17-16(18)22/h4-7H,2-3,8-10H2,1H3,(H,17,22). The van der Waals surface area contributed by atoms with E-state index in [2.05, 4.69) is 5.32 Å². The SMILES string of the molecule is COc1ccc(C(=O)COC(=O)CCCN2C(=O)CNC2=O)cc1. The molecule has 1 aliphatic heterocycles. The summed E-state index contributed by atoms with van der Waals surface area (Å²) < 4.78 is 9.91. The molecule has 0 atom stereocenters. The maximum atomic E-state index is 11.9. The molecule has 128 valence electrons. The van der Waals surface area contributed by atoms with E-state index < -0.39 is 12.0 Å². The molecule has 0 saturated carbocycles. The zero-order chi connectivity index (χ0) is 17.5. The van der Waals surface area contributed by atoms with Gasteiger partial charge in [-0.1, -0.05) is 0 Å². The Labute approximate surface area is 138 Å². The van der Waals surface area contributed by atoms with E-state index in [1.54, 1.807) is 24.3 Å². The second kappa shape index (κ2) is 8.09. The molecule has 0 bridgehead atoms. The Kier molecular flexibility index (Phi) is 5.89. The van der Waals surface area contributed by atoms with E-state index in [0.717, 1.165) is 4.90 Å². The Morgan fingerprint density at radius 1 is 1.21 bits per heavy atom. The number of methoxy groups -OCH3 is 1. The van der Waals surface area contributed by atoms with Gasteiger partial charge >= 0.3 is 12.0 Å². The lowest BCUT2D eigenvalue weighted by molar-refractivity contribution is -0.142. The fourth-order valence-electron chi connectivity index (χ4n) is 2.14. The van der Waals surface area contributed by atoms with E-state index in [9.17, 15) is 19.2 Å². The summed E-state index contributed by atoms with van der Waals surface area (Å²) in [4.78, 5) is 47.2. The number of rotatable bonds is 8. The highest BCUT2D eigenvalue weighted by Gasteiger charge is 2.27. The Bertz CT molecular complexity index is 624. The quantitative estimate of drug-likeness (QED) is 0.428. The molecule has 0 radical (unpaired) electrons. The van der Waals surface area contributed by atoms with Crippen molar-refractivity contribution in [2.45, 2.75) is 12.8 Å². The van der Waals surface area contributed by atoms with Crippen molar-refractivity contribution in [1.82, 2.24) is 10.2 Å². The van der Waals surface area contributed by atoms with Crippen LogP contribution in [0.15, 0.2) is 24.3 Å². The number of nitrogens with zero attached hydrogens (tertiary/aromatic N) is 1. The molecule has 1 aromatic carbocycles. The second-order valence-electron chi connectivity index (χ2n) is 5.12. The van der Waals surface area contributed by atoms with Crippen molar-refractivity contribution >= 4 is 23.7 Å². The van der Waals surface area contributed by atoms with Crippen LogP contribution in [-0.4, -0.2) is 55.4 Å². The van der Waals surface area contributed by atoms with Crippen molar-refractivity contribution in [1.29, 1.82) is 0 Å². The average Bonchev–Trinajstić information content (AvgIpc) is 2.91. The van der Waals surface area contributed by atoms with Gasteiger partial charge < -0.3 is 14.8 Å². The van der Waals surface area contributed by atoms with Gasteiger partial charge in [-0.2, -0.15) is 0 Å². The summed E-state index contributed by atoms with van der Waals surface area (Å²) in [5.41, 5.74) is 0.419. The zero-order valence-corrected chi connectivity index (χ0v) is 13.2. The van der Waals surface area contributed by atoms with Crippen molar-refractivity contribution in [3.05, 3.63) is 29.8 Å². The number of urea groups is 1. The third kappa shape index (κ3) is 4.55. The minimum absolute atomic E-state index is 0.0142. The van der Waals surface area contributed by atoms with Gasteiger partial charge in [-0.3, -0.25) is 19.3 Å². The van der Waals surface area contributed by atoms with E-state index in [-0.39, 0.29) is 44.2 Å². The summed E-state index contributed by atoms with van der Waals surface area (Å²) in [6.45, 7) is -0.222. The molecule has 1 saturated heterocycles. The van der Waals surface area contributed by atoms with Gasteiger partial charge in [0.2, 0.25) is 5.91 Å². The predicted molar refractivity (Wildman–Crippen MR) is 82.6 cm³/mol. The van der Waals surface area contributed by atoms with Crippen LogP contribution in [0.2, 0.25) is 0 Å². The van der Waals surface area contributed by atoms with Crippen LogP contribution in [0.4, 0.5) is 4.79 Å². The van der Waals surface area contributed by atoms with Crippen LogP contribution in [0.5, 0.6) is 5.75 Å². The first-order valence-electron chi connectivity index (χ1n) is 7.42. The Balaban J connectivity index is 1.69. The number of amides is 3. The van der Waals surface area contributed by atoms with Crippen molar-refractivity contribution in [2.24, 2.45) is 0 Å². The van der Waals surface area contributed by atoms with Crippen molar-refractivity contribution < 1.29 is 28.7 Å². The summed E-state index contributed by atoms with van der Waals surface area (Å²) in [5, 5.41) is 2.39. The minimum atomic E-state index is -0.552. The number of ketones is 1. The van der Waals surface area contributed by atoms with E-state index >= 15 is 0 Å². The van der Waals surface area contributed by atoms with Crippen LogP contribution >= 0.6 is 0 Å². The molecule has 0 aromatic heterocycles. The Hall–Kier alpha value is -2.90. The highest BCUT2D eigenvalue weighted by molar-refractivity contribution is 6.02. The number of nitrogens with one attached hydrogen (secondary N) is 1. The number of hydrogen-bond donors (Lipinski definition) is 1. The van der Waals surface area contributed by atoms with E-state index in [1.165, 1.54) is 7.11 Å². The Morgan fingerprint density at radius 2 is 1.92 bits per heavy atom. The molecule has 24 heavy (non-hydrogen) atoms. The number of esters is 1. The second-order valence-corrected chi connectivity index (χ2v) is 5.12. The van der Waals surface area contributed by atoms with Crippen LogP contribution in [-0.2, 0) is 14.3 Å². The monoisotopic (exact) mass is 334 g/mol. The van der Waals surface area contributed by atoms with Gasteiger partial charge in [-0.15, -0.1) is 0 Å². The van der Waals surface area contributed by atoms with Gasteiger partial charge in [-0.05, 0) is 30.7 Å². The average molecular weight is 334 g/mol. The first-order chi connectivity index (χ1) is 11.5. The molecule has 1 N–H and O–H groups in total. The molecule has 1 aromatic rings. The van der Waals surface area contributed by atoms with E-state index in [1.807, 2.05) is 0 Å². The number of Topliss-reactive ketones (excluding diaryl/α,β-unsaturated/α-hetero) is 1. The third-order valence-corrected chi connectivity index (χ3v) is 3.48. The highest BCUT2D eigenvalue weighted by atomic mass is 16.5. The molecule has 1 heterocycles. The maximum absolute atomic E-state index is 11.9. The van der Waals surface area contributed by atoms with Crippen LogP contribution in [0.3, 0.4) is 0 Å². The first-order valence-corrected chi connectivity index (χ1v) is 7.42. The molecule has 3 amide bonds. The molecule has 0 unspecified atom stereocenters. The van der Waals surface area contributed by atoms with Crippen LogP contribution in [0.1, 0.15) is 23.2 Å². The van der Waals surface area contributed by atoms with Gasteiger partial charge in [0, 0.05) is 18.5 Å². The summed E-state index contributed by atoms with van der Waals surface area (Å²) in [6.07, 6.45) is 0.307. The fraction of sp³-hybridized carbons (Fsp3) is 0.375. The summed E-state index contributed by atoms with van der Waals surface area (Å²) in [5.74, 6) is -0.559. The topological polar surface area (TPSA) is 102 Å². The zero-order valence-electron chi connectivity index (χ0n) is 13.2. The fourth-order valence-corrected chi connectivity index (χ4v) is 2.14. The van der Waals surface area contributed by atoms with Gasteiger partial charge in [0.1, 0.15) is 5.75 Å². The Morgan fingerprint density at radius 3 is 2.50 bits per heavy atom. The van der Waals surface area contributed by atoms with E-state index in [0.29, 0.717) is 11.3 Å². The molecule has 1 aliphatic rings. The van der Waals surface area contributed by atoms with Crippen LogP contribution in [0, 0.1) is 0 Å². The van der Waals surface area contributed by atoms with E-state index in [4.69, 9.17) is 9.47 Å². The smallest absolute Gasteiger partial charge is 0.324 e. The van der Waals surface area contributed by atoms with Crippen molar-refractivity contribution in [3.8, 4) is 5.75 Å². The van der Waals surface area contributed by atoms with Crippen molar-refractivity contribution in [2.75, 3.05) is 26.8 Å². The molecule has 1 fully saturated rings. The minimum Gasteiger partial charge on any atom is -0.497 e. The third-order valence-electron chi connectivity index (χ3n) is 3.48. The first kappa shape index (κ1) is 17.5. The molecule has 0 spiro atoms. The lowest BCUT2D eigenvalue weighted by Gasteiger charge is -2.11. The number of carbonyl (C=O) groups excluding carboxylic acids is 4. The maximum Gasteiger partial charge on any atom is 0.324 e. The lowest BCUT2D eigenvalue weighted by Crippen LogP contribution is -2.32.